The number of hydrogen-bond acceptors (Lipinski definition) is 4. The van der Waals surface area contributed by atoms with Crippen LogP contribution in [0, 0.1) is 5.92 Å². The van der Waals surface area contributed by atoms with Crippen LogP contribution in [-0.2, 0) is 14.3 Å². The summed E-state index contributed by atoms with van der Waals surface area (Å²) in [7, 11) is 0. The first-order valence-corrected chi connectivity index (χ1v) is 5.60. The zero-order valence-corrected chi connectivity index (χ0v) is 9.97. The van der Waals surface area contributed by atoms with Crippen LogP contribution in [0.5, 0.6) is 0 Å². The SMILES string of the molecule is CCC[C@@H](O)C(C(=O)O)[C@H]1COC(C)(C)O1. The van der Waals surface area contributed by atoms with E-state index in [2.05, 4.69) is 0 Å². The Morgan fingerprint density at radius 1 is 1.56 bits per heavy atom. The summed E-state index contributed by atoms with van der Waals surface area (Å²) in [6.45, 7) is 5.58. The standard InChI is InChI=1S/C11H20O5/c1-4-5-7(12)9(10(13)14)8-6-15-11(2,3)16-8/h7-9,12H,4-6H2,1-3H3,(H,13,14)/t7-,8-,9?/m1/s1. The van der Waals surface area contributed by atoms with Gasteiger partial charge in [0.1, 0.15) is 12.0 Å². The zero-order valence-electron chi connectivity index (χ0n) is 9.97. The van der Waals surface area contributed by atoms with E-state index in [1.807, 2.05) is 6.92 Å². The molecule has 5 nitrogen and oxygen atoms in total. The third-order valence-corrected chi connectivity index (χ3v) is 2.72. The lowest BCUT2D eigenvalue weighted by molar-refractivity contribution is -0.166. The van der Waals surface area contributed by atoms with Gasteiger partial charge in [0.15, 0.2) is 5.79 Å². The highest BCUT2D eigenvalue weighted by Gasteiger charge is 2.43. The van der Waals surface area contributed by atoms with Crippen LogP contribution in [0.25, 0.3) is 0 Å². The maximum Gasteiger partial charge on any atom is 0.311 e. The minimum Gasteiger partial charge on any atom is -0.481 e. The second-order valence-corrected chi connectivity index (χ2v) is 4.59. The molecule has 0 spiro atoms. The van der Waals surface area contributed by atoms with Gasteiger partial charge in [-0.3, -0.25) is 4.79 Å². The molecule has 0 amide bonds. The number of aliphatic hydroxyl groups is 1. The van der Waals surface area contributed by atoms with E-state index < -0.39 is 29.9 Å². The number of rotatable bonds is 5. The first-order chi connectivity index (χ1) is 7.37. The molecule has 1 aliphatic rings. The minimum absolute atomic E-state index is 0.213. The van der Waals surface area contributed by atoms with E-state index >= 15 is 0 Å². The largest absolute Gasteiger partial charge is 0.481 e. The predicted octanol–water partition coefficient (Wildman–Crippen LogP) is 1.000. The highest BCUT2D eigenvalue weighted by atomic mass is 16.7. The van der Waals surface area contributed by atoms with Gasteiger partial charge < -0.3 is 19.7 Å². The molecule has 1 saturated heterocycles. The number of aliphatic hydroxyl groups excluding tert-OH is 1. The van der Waals surface area contributed by atoms with E-state index in [4.69, 9.17) is 14.6 Å². The highest BCUT2D eigenvalue weighted by molar-refractivity contribution is 5.71. The Balaban J connectivity index is 2.68. The molecule has 2 N–H and O–H groups in total. The van der Waals surface area contributed by atoms with Crippen LogP contribution in [0.4, 0.5) is 0 Å². The smallest absolute Gasteiger partial charge is 0.311 e. The molecule has 1 fully saturated rings. The monoisotopic (exact) mass is 232 g/mol. The van der Waals surface area contributed by atoms with Crippen LogP contribution in [0.2, 0.25) is 0 Å². The lowest BCUT2D eigenvalue weighted by Crippen LogP contribution is -2.40. The number of carboxylic acids is 1. The van der Waals surface area contributed by atoms with Crippen molar-refractivity contribution in [1.29, 1.82) is 0 Å². The molecule has 1 heterocycles. The molecule has 16 heavy (non-hydrogen) atoms. The van der Waals surface area contributed by atoms with E-state index in [9.17, 15) is 9.90 Å². The van der Waals surface area contributed by atoms with Crippen molar-refractivity contribution < 1.29 is 24.5 Å². The van der Waals surface area contributed by atoms with Crippen LogP contribution in [0.15, 0.2) is 0 Å². The van der Waals surface area contributed by atoms with Crippen molar-refractivity contribution in [3.05, 3.63) is 0 Å². The van der Waals surface area contributed by atoms with Crippen LogP contribution in [0.3, 0.4) is 0 Å². The molecular weight excluding hydrogens is 212 g/mol. The number of carboxylic acid groups (broad SMARTS) is 1. The van der Waals surface area contributed by atoms with Gasteiger partial charge in [0, 0.05) is 0 Å². The van der Waals surface area contributed by atoms with Gasteiger partial charge in [-0.05, 0) is 20.3 Å². The van der Waals surface area contributed by atoms with Gasteiger partial charge in [0.05, 0.1) is 12.7 Å². The minimum atomic E-state index is -1.03. The van der Waals surface area contributed by atoms with Gasteiger partial charge in [-0.2, -0.15) is 0 Å². The Kier molecular flexibility index (Phi) is 4.29. The fourth-order valence-corrected chi connectivity index (χ4v) is 1.94. The Labute approximate surface area is 95.4 Å². The number of hydrogen-bond donors (Lipinski definition) is 2. The summed E-state index contributed by atoms with van der Waals surface area (Å²) in [5.41, 5.74) is 0. The molecule has 0 aromatic heterocycles. The lowest BCUT2D eigenvalue weighted by Gasteiger charge is -2.24. The van der Waals surface area contributed by atoms with Gasteiger partial charge in [0.2, 0.25) is 0 Å². The Morgan fingerprint density at radius 2 is 2.19 bits per heavy atom. The molecule has 0 aromatic rings. The summed E-state index contributed by atoms with van der Waals surface area (Å²) < 4.78 is 10.8. The first-order valence-electron chi connectivity index (χ1n) is 5.60. The van der Waals surface area contributed by atoms with Crippen molar-refractivity contribution in [3.8, 4) is 0 Å². The fraction of sp³-hybridized carbons (Fsp3) is 0.909. The van der Waals surface area contributed by atoms with E-state index in [0.717, 1.165) is 6.42 Å². The Morgan fingerprint density at radius 3 is 2.56 bits per heavy atom. The molecule has 3 atom stereocenters. The van der Waals surface area contributed by atoms with Crippen molar-refractivity contribution >= 4 is 5.97 Å². The molecule has 94 valence electrons. The van der Waals surface area contributed by atoms with Crippen molar-refractivity contribution in [1.82, 2.24) is 0 Å². The first kappa shape index (κ1) is 13.4. The van der Waals surface area contributed by atoms with Crippen molar-refractivity contribution in [2.24, 2.45) is 5.92 Å². The molecule has 5 heteroatoms. The third-order valence-electron chi connectivity index (χ3n) is 2.72. The molecule has 0 bridgehead atoms. The molecule has 0 aromatic carbocycles. The van der Waals surface area contributed by atoms with Crippen molar-refractivity contribution in [3.63, 3.8) is 0 Å². The lowest BCUT2D eigenvalue weighted by atomic mass is 9.93. The Hall–Kier alpha value is -0.650. The summed E-state index contributed by atoms with van der Waals surface area (Å²) in [6, 6.07) is 0. The van der Waals surface area contributed by atoms with Gasteiger partial charge in [-0.25, -0.2) is 0 Å². The maximum absolute atomic E-state index is 11.1. The fourth-order valence-electron chi connectivity index (χ4n) is 1.94. The molecule has 0 aliphatic carbocycles. The molecule has 1 aliphatic heterocycles. The average Bonchev–Trinajstić information content (AvgIpc) is 2.46. The van der Waals surface area contributed by atoms with E-state index in [1.165, 1.54) is 0 Å². The number of carbonyl (C=O) groups is 1. The highest BCUT2D eigenvalue weighted by Crippen LogP contribution is 2.29. The van der Waals surface area contributed by atoms with Crippen LogP contribution >= 0.6 is 0 Å². The zero-order chi connectivity index (χ0) is 12.3. The molecular formula is C11H20O5. The van der Waals surface area contributed by atoms with Gasteiger partial charge in [0.25, 0.3) is 0 Å². The van der Waals surface area contributed by atoms with E-state index in [0.29, 0.717) is 6.42 Å². The topological polar surface area (TPSA) is 76.0 Å². The summed E-state index contributed by atoms with van der Waals surface area (Å²) in [6.07, 6.45) is -0.266. The van der Waals surface area contributed by atoms with Crippen LogP contribution < -0.4 is 0 Å². The van der Waals surface area contributed by atoms with E-state index in [1.54, 1.807) is 13.8 Å². The quantitative estimate of drug-likeness (QED) is 0.739. The second-order valence-electron chi connectivity index (χ2n) is 4.59. The second kappa shape index (κ2) is 5.12. The van der Waals surface area contributed by atoms with E-state index in [-0.39, 0.29) is 6.61 Å². The van der Waals surface area contributed by atoms with Crippen LogP contribution in [-0.4, -0.2) is 40.8 Å². The van der Waals surface area contributed by atoms with Crippen molar-refractivity contribution in [2.45, 2.75) is 51.6 Å². The third kappa shape index (κ3) is 3.17. The van der Waals surface area contributed by atoms with Gasteiger partial charge in [-0.15, -0.1) is 0 Å². The van der Waals surface area contributed by atoms with Gasteiger partial charge >= 0.3 is 5.97 Å². The normalized spacial score (nSPS) is 27.6. The van der Waals surface area contributed by atoms with Crippen LogP contribution in [0.1, 0.15) is 33.6 Å². The molecule has 1 unspecified atom stereocenters. The predicted molar refractivity (Wildman–Crippen MR) is 56.9 cm³/mol. The summed E-state index contributed by atoms with van der Waals surface area (Å²) >= 11 is 0. The number of ether oxygens (including phenoxy) is 2. The maximum atomic E-state index is 11.1. The number of aliphatic carboxylic acids is 1. The Bertz CT molecular complexity index is 251. The molecule has 1 rings (SSSR count). The molecule has 0 radical (unpaired) electrons. The summed E-state index contributed by atoms with van der Waals surface area (Å²) in [5, 5.41) is 18.9. The summed E-state index contributed by atoms with van der Waals surface area (Å²) in [5.74, 6) is -2.71. The van der Waals surface area contributed by atoms with Gasteiger partial charge in [-0.1, -0.05) is 13.3 Å². The van der Waals surface area contributed by atoms with Crippen molar-refractivity contribution in [2.75, 3.05) is 6.61 Å². The summed E-state index contributed by atoms with van der Waals surface area (Å²) in [4.78, 5) is 11.1. The molecule has 0 saturated carbocycles. The average molecular weight is 232 g/mol.